The summed E-state index contributed by atoms with van der Waals surface area (Å²) in [6, 6.07) is 16.7. The van der Waals surface area contributed by atoms with Gasteiger partial charge in [0.15, 0.2) is 0 Å². The first-order chi connectivity index (χ1) is 21.3. The second-order valence-corrected chi connectivity index (χ2v) is 13.3. The van der Waals surface area contributed by atoms with Gasteiger partial charge in [-0.15, -0.1) is 0 Å². The van der Waals surface area contributed by atoms with Crippen LogP contribution in [0.1, 0.15) is 97.2 Å². The highest BCUT2D eigenvalue weighted by Crippen LogP contribution is 2.30. The zero-order valence-corrected chi connectivity index (χ0v) is 28.0. The molecule has 45 heavy (non-hydrogen) atoms. The number of rotatable bonds is 14. The van der Waals surface area contributed by atoms with Crippen LogP contribution in [-0.4, -0.2) is 46.1 Å². The van der Waals surface area contributed by atoms with Gasteiger partial charge in [-0.3, -0.25) is 9.59 Å². The minimum absolute atomic E-state index is 0.0843. The summed E-state index contributed by atoms with van der Waals surface area (Å²) in [6.07, 6.45) is 4.49. The number of unbranched alkanes of at least 4 members (excludes halogenated alkanes) is 4. The van der Waals surface area contributed by atoms with E-state index >= 15 is 0 Å². The van der Waals surface area contributed by atoms with Gasteiger partial charge in [0.05, 0.1) is 0 Å². The Kier molecular flexibility index (Phi) is 12.8. The molecule has 3 N–H and O–H groups in total. The molecule has 0 fully saturated rings. The van der Waals surface area contributed by atoms with Gasteiger partial charge in [-0.05, 0) is 92.6 Å². The zero-order chi connectivity index (χ0) is 33.1. The van der Waals surface area contributed by atoms with Crippen molar-refractivity contribution in [3.05, 3.63) is 71.8 Å². The minimum atomic E-state index is -1.01. The van der Waals surface area contributed by atoms with Crippen molar-refractivity contribution in [3.63, 3.8) is 0 Å². The van der Waals surface area contributed by atoms with Gasteiger partial charge in [0.1, 0.15) is 23.4 Å². The van der Waals surface area contributed by atoms with E-state index in [1.807, 2.05) is 56.3 Å². The average molecular weight is 618 g/mol. The number of hydrogen-bond acceptors (Lipinski definition) is 5. The summed E-state index contributed by atoms with van der Waals surface area (Å²) in [7, 11) is 0. The fourth-order valence-corrected chi connectivity index (χ4v) is 5.39. The van der Waals surface area contributed by atoms with E-state index in [1.165, 1.54) is 0 Å². The van der Waals surface area contributed by atoms with Crippen LogP contribution in [-0.2, 0) is 14.3 Å². The lowest BCUT2D eigenvalue weighted by molar-refractivity contribution is -0.141. The second kappa shape index (κ2) is 16.3. The first-order valence-corrected chi connectivity index (χ1v) is 16.2. The number of nitrogens with zero attached hydrogens (tertiary/aromatic N) is 1. The third kappa shape index (κ3) is 10.8. The Morgan fingerprint density at radius 1 is 0.911 bits per heavy atom. The Bertz CT molecular complexity index is 1450. The van der Waals surface area contributed by atoms with Crippen molar-refractivity contribution in [3.8, 4) is 5.75 Å². The Balaban J connectivity index is 2.05. The number of aryl methyl sites for hydroxylation is 1. The maximum absolute atomic E-state index is 14.5. The van der Waals surface area contributed by atoms with Gasteiger partial charge < -0.3 is 25.4 Å². The lowest BCUT2D eigenvalue weighted by Gasteiger charge is -2.35. The largest absolute Gasteiger partial charge is 0.508 e. The fourth-order valence-electron chi connectivity index (χ4n) is 5.39. The molecular formula is C37H51N3O5. The predicted molar refractivity (Wildman–Crippen MR) is 181 cm³/mol. The number of nitrogens with one attached hydrogen (secondary N) is 2. The molecule has 0 aliphatic heterocycles. The molecule has 0 spiro atoms. The standard InChI is InChI=1S/C37H51N3O5/c1-8-9-10-11-14-21-40(35(43)31(22-25(2)3)39-36(44)45-37(5,6)7)33(29-18-20-32(41)26(4)23-29)34(42)38-30-19-17-27-15-12-13-16-28(27)24-30/h12-13,15-20,23-25,31,33,41H,8-11,14,21-22H2,1-7H3,(H,38,42)(H,39,44). The van der Waals surface area contributed by atoms with Crippen LogP contribution in [0.2, 0.25) is 0 Å². The molecule has 3 aromatic carbocycles. The molecule has 0 aromatic heterocycles. The number of phenols is 1. The number of fused-ring (bicyclic) bond motifs is 1. The van der Waals surface area contributed by atoms with Crippen LogP contribution in [0.25, 0.3) is 10.8 Å². The number of hydrogen-bond donors (Lipinski definition) is 3. The third-order valence-electron chi connectivity index (χ3n) is 7.60. The minimum Gasteiger partial charge on any atom is -0.508 e. The highest BCUT2D eigenvalue weighted by Gasteiger charge is 2.36. The van der Waals surface area contributed by atoms with E-state index in [0.29, 0.717) is 36.2 Å². The third-order valence-corrected chi connectivity index (χ3v) is 7.60. The molecule has 244 valence electrons. The Labute approximate surface area is 268 Å². The van der Waals surface area contributed by atoms with Gasteiger partial charge in [-0.1, -0.05) is 82.9 Å². The first-order valence-electron chi connectivity index (χ1n) is 16.2. The van der Waals surface area contributed by atoms with E-state index in [4.69, 9.17) is 4.74 Å². The summed E-state index contributed by atoms with van der Waals surface area (Å²) in [6.45, 7) is 13.5. The van der Waals surface area contributed by atoms with Crippen LogP contribution in [0.15, 0.2) is 60.7 Å². The molecule has 0 saturated heterocycles. The summed E-state index contributed by atoms with van der Waals surface area (Å²) in [5, 5.41) is 18.2. The molecule has 0 saturated carbocycles. The normalized spacial score (nSPS) is 12.9. The molecule has 0 bridgehead atoms. The van der Waals surface area contributed by atoms with Crippen molar-refractivity contribution in [2.45, 2.75) is 105 Å². The topological polar surface area (TPSA) is 108 Å². The van der Waals surface area contributed by atoms with E-state index in [-0.39, 0.29) is 23.5 Å². The highest BCUT2D eigenvalue weighted by molar-refractivity contribution is 6.00. The number of aromatic hydroxyl groups is 1. The van der Waals surface area contributed by atoms with Crippen LogP contribution < -0.4 is 10.6 Å². The maximum Gasteiger partial charge on any atom is 0.408 e. The van der Waals surface area contributed by atoms with Gasteiger partial charge in [0.25, 0.3) is 5.91 Å². The number of ether oxygens (including phenoxy) is 1. The number of carbonyl (C=O) groups excluding carboxylic acids is 3. The fraction of sp³-hybridized carbons (Fsp3) is 0.486. The lowest BCUT2D eigenvalue weighted by Crippen LogP contribution is -2.53. The lowest BCUT2D eigenvalue weighted by atomic mass is 9.97. The monoisotopic (exact) mass is 617 g/mol. The summed E-state index contributed by atoms with van der Waals surface area (Å²) in [5.74, 6) is -0.539. The second-order valence-electron chi connectivity index (χ2n) is 13.3. The van der Waals surface area contributed by atoms with Crippen molar-refractivity contribution in [2.75, 3.05) is 11.9 Å². The Hall–Kier alpha value is -4.07. The number of alkyl carbamates (subject to hydrolysis) is 1. The quantitative estimate of drug-likeness (QED) is 0.158. The maximum atomic E-state index is 14.5. The van der Waals surface area contributed by atoms with Crippen molar-refractivity contribution in [2.24, 2.45) is 5.92 Å². The number of phenolic OH excluding ortho intramolecular Hbond substituents is 1. The molecule has 0 radical (unpaired) electrons. The van der Waals surface area contributed by atoms with Crippen LogP contribution in [0, 0.1) is 12.8 Å². The molecule has 2 unspecified atom stereocenters. The van der Waals surface area contributed by atoms with Gasteiger partial charge in [-0.2, -0.15) is 0 Å². The highest BCUT2D eigenvalue weighted by atomic mass is 16.6. The average Bonchev–Trinajstić information content (AvgIpc) is 2.96. The Morgan fingerprint density at radius 3 is 2.24 bits per heavy atom. The van der Waals surface area contributed by atoms with E-state index in [2.05, 4.69) is 17.6 Å². The van der Waals surface area contributed by atoms with Crippen LogP contribution in [0.4, 0.5) is 10.5 Å². The van der Waals surface area contributed by atoms with E-state index in [0.717, 1.165) is 36.5 Å². The number of carbonyl (C=O) groups is 3. The van der Waals surface area contributed by atoms with Crippen molar-refractivity contribution in [1.29, 1.82) is 0 Å². The molecule has 8 nitrogen and oxygen atoms in total. The smallest absolute Gasteiger partial charge is 0.408 e. The predicted octanol–water partition coefficient (Wildman–Crippen LogP) is 8.27. The Morgan fingerprint density at radius 2 is 1.60 bits per heavy atom. The summed E-state index contributed by atoms with van der Waals surface area (Å²) >= 11 is 0. The van der Waals surface area contributed by atoms with Crippen molar-refractivity contribution < 1.29 is 24.2 Å². The van der Waals surface area contributed by atoms with Gasteiger partial charge >= 0.3 is 6.09 Å². The van der Waals surface area contributed by atoms with Gasteiger partial charge in [-0.25, -0.2) is 4.79 Å². The van der Waals surface area contributed by atoms with Crippen LogP contribution >= 0.6 is 0 Å². The molecule has 3 rings (SSSR count). The number of amides is 3. The number of anilines is 1. The molecular weight excluding hydrogens is 566 g/mol. The molecule has 0 aliphatic carbocycles. The molecule has 3 amide bonds. The molecule has 8 heteroatoms. The van der Waals surface area contributed by atoms with Crippen molar-refractivity contribution >= 4 is 34.4 Å². The van der Waals surface area contributed by atoms with Crippen LogP contribution in [0.5, 0.6) is 5.75 Å². The zero-order valence-electron chi connectivity index (χ0n) is 28.0. The number of benzene rings is 3. The van der Waals surface area contributed by atoms with Crippen LogP contribution in [0.3, 0.4) is 0 Å². The van der Waals surface area contributed by atoms with Crippen molar-refractivity contribution in [1.82, 2.24) is 10.2 Å². The van der Waals surface area contributed by atoms with Gasteiger partial charge in [0.2, 0.25) is 5.91 Å². The molecule has 0 heterocycles. The molecule has 3 aromatic rings. The summed E-state index contributed by atoms with van der Waals surface area (Å²) in [4.78, 5) is 43.3. The molecule has 0 aliphatic rings. The summed E-state index contributed by atoms with van der Waals surface area (Å²) in [5.41, 5.74) is 1.04. The van der Waals surface area contributed by atoms with Gasteiger partial charge in [0, 0.05) is 12.2 Å². The summed E-state index contributed by atoms with van der Waals surface area (Å²) < 4.78 is 5.51. The molecule has 2 atom stereocenters. The van der Waals surface area contributed by atoms with E-state index in [1.54, 1.807) is 50.8 Å². The van der Waals surface area contributed by atoms with E-state index < -0.39 is 23.8 Å². The SMILES string of the molecule is CCCCCCCN(C(=O)C(CC(C)C)NC(=O)OC(C)(C)C)C(C(=O)Nc1ccc2ccccc2c1)c1ccc(O)c(C)c1. The van der Waals surface area contributed by atoms with E-state index in [9.17, 15) is 19.5 Å². The first kappa shape index (κ1) is 35.4.